The van der Waals surface area contributed by atoms with Crippen LogP contribution in [0.5, 0.6) is 0 Å². The summed E-state index contributed by atoms with van der Waals surface area (Å²) in [6.07, 6.45) is 4.55. The van der Waals surface area contributed by atoms with E-state index in [-0.39, 0.29) is 12.2 Å². The van der Waals surface area contributed by atoms with Crippen molar-refractivity contribution in [1.82, 2.24) is 4.72 Å². The average molecular weight is 261 g/mol. The first-order valence-electron chi connectivity index (χ1n) is 6.17. The summed E-state index contributed by atoms with van der Waals surface area (Å²) in [5.41, 5.74) is 0. The van der Waals surface area contributed by atoms with Gasteiger partial charge in [-0.2, -0.15) is 0 Å². The lowest BCUT2D eigenvalue weighted by atomic mass is 9.99. The standard InChI is InChI=1S/C11H19NO4S/c13-11(14)5-6-17(15,16)12-7-10(8-1-2-8)9-3-4-9/h8-10,12H,1-7H2,(H,13,14). The van der Waals surface area contributed by atoms with Crippen molar-refractivity contribution in [2.24, 2.45) is 17.8 Å². The van der Waals surface area contributed by atoms with Crippen LogP contribution in [0, 0.1) is 17.8 Å². The Morgan fingerprint density at radius 1 is 1.24 bits per heavy atom. The molecule has 0 aromatic heterocycles. The molecule has 0 unspecified atom stereocenters. The lowest BCUT2D eigenvalue weighted by Crippen LogP contribution is -2.33. The predicted molar refractivity (Wildman–Crippen MR) is 63.0 cm³/mol. The molecule has 2 aliphatic carbocycles. The predicted octanol–water partition coefficient (Wildman–Crippen LogP) is 0.817. The molecule has 2 saturated carbocycles. The van der Waals surface area contributed by atoms with Crippen LogP contribution < -0.4 is 4.72 Å². The Labute approximate surface area is 102 Å². The summed E-state index contributed by atoms with van der Waals surface area (Å²) in [5.74, 6) is 0.491. The lowest BCUT2D eigenvalue weighted by molar-refractivity contribution is -0.136. The second-order valence-corrected chi connectivity index (χ2v) is 7.08. The third kappa shape index (κ3) is 4.27. The quantitative estimate of drug-likeness (QED) is 0.677. The summed E-state index contributed by atoms with van der Waals surface area (Å²) in [6, 6.07) is 0. The highest BCUT2D eigenvalue weighted by molar-refractivity contribution is 7.89. The number of aliphatic carboxylic acids is 1. The molecule has 2 rings (SSSR count). The molecule has 2 aliphatic rings. The van der Waals surface area contributed by atoms with Gasteiger partial charge in [0.1, 0.15) is 0 Å². The molecule has 0 amide bonds. The van der Waals surface area contributed by atoms with Crippen LogP contribution >= 0.6 is 0 Å². The second-order valence-electron chi connectivity index (χ2n) is 5.15. The smallest absolute Gasteiger partial charge is 0.304 e. The van der Waals surface area contributed by atoms with Crippen molar-refractivity contribution in [1.29, 1.82) is 0 Å². The Morgan fingerprint density at radius 2 is 1.76 bits per heavy atom. The molecule has 2 N–H and O–H groups in total. The van der Waals surface area contributed by atoms with Crippen LogP contribution in [0.2, 0.25) is 0 Å². The fraction of sp³-hybridized carbons (Fsp3) is 0.909. The monoisotopic (exact) mass is 261 g/mol. The van der Waals surface area contributed by atoms with Gasteiger partial charge in [0.05, 0.1) is 12.2 Å². The van der Waals surface area contributed by atoms with Gasteiger partial charge in [-0.3, -0.25) is 4.79 Å². The van der Waals surface area contributed by atoms with Gasteiger partial charge in [0.2, 0.25) is 10.0 Å². The van der Waals surface area contributed by atoms with Gasteiger partial charge >= 0.3 is 5.97 Å². The molecule has 0 bridgehead atoms. The first-order valence-corrected chi connectivity index (χ1v) is 7.82. The van der Waals surface area contributed by atoms with E-state index in [1.807, 2.05) is 0 Å². The van der Waals surface area contributed by atoms with E-state index in [0.717, 1.165) is 0 Å². The first kappa shape index (κ1) is 12.8. The number of hydrogen-bond acceptors (Lipinski definition) is 3. The van der Waals surface area contributed by atoms with Crippen molar-refractivity contribution < 1.29 is 18.3 Å². The molecule has 98 valence electrons. The largest absolute Gasteiger partial charge is 0.481 e. The zero-order chi connectivity index (χ0) is 12.5. The minimum atomic E-state index is -3.41. The maximum Gasteiger partial charge on any atom is 0.304 e. The van der Waals surface area contributed by atoms with E-state index in [4.69, 9.17) is 5.11 Å². The van der Waals surface area contributed by atoms with E-state index in [9.17, 15) is 13.2 Å². The van der Waals surface area contributed by atoms with Crippen molar-refractivity contribution in [3.8, 4) is 0 Å². The lowest BCUT2D eigenvalue weighted by Gasteiger charge is -2.16. The fourth-order valence-corrected chi connectivity index (χ4v) is 3.32. The van der Waals surface area contributed by atoms with Crippen LogP contribution in [0.1, 0.15) is 32.1 Å². The second kappa shape index (κ2) is 4.94. The molecule has 2 fully saturated rings. The molecule has 0 atom stereocenters. The third-order valence-electron chi connectivity index (χ3n) is 3.58. The number of carboxylic acids is 1. The van der Waals surface area contributed by atoms with Gasteiger partial charge in [0, 0.05) is 6.54 Å². The van der Waals surface area contributed by atoms with Gasteiger partial charge in [-0.05, 0) is 43.4 Å². The molecule has 6 heteroatoms. The minimum Gasteiger partial charge on any atom is -0.481 e. The van der Waals surface area contributed by atoms with Crippen LogP contribution in [-0.2, 0) is 14.8 Å². The van der Waals surface area contributed by atoms with E-state index in [1.165, 1.54) is 25.7 Å². The van der Waals surface area contributed by atoms with Crippen molar-refractivity contribution in [3.63, 3.8) is 0 Å². The molecule has 17 heavy (non-hydrogen) atoms. The van der Waals surface area contributed by atoms with Crippen molar-refractivity contribution in [2.45, 2.75) is 32.1 Å². The molecule has 5 nitrogen and oxygen atoms in total. The Balaban J connectivity index is 1.77. The zero-order valence-electron chi connectivity index (χ0n) is 9.76. The summed E-state index contributed by atoms with van der Waals surface area (Å²) in [5, 5.41) is 8.46. The molecule has 0 aromatic rings. The maximum atomic E-state index is 11.6. The Kier molecular flexibility index (Phi) is 3.73. The van der Waals surface area contributed by atoms with Crippen LogP contribution in [0.25, 0.3) is 0 Å². The van der Waals surface area contributed by atoms with Crippen molar-refractivity contribution in [3.05, 3.63) is 0 Å². The number of carbonyl (C=O) groups is 1. The SMILES string of the molecule is O=C(O)CCS(=O)(=O)NCC(C1CC1)C1CC1. The van der Waals surface area contributed by atoms with Crippen LogP contribution in [0.3, 0.4) is 0 Å². The highest BCUT2D eigenvalue weighted by atomic mass is 32.2. The summed E-state index contributed by atoms with van der Waals surface area (Å²) < 4.78 is 25.7. The molecule has 0 aromatic carbocycles. The maximum absolute atomic E-state index is 11.6. The molecule has 0 heterocycles. The molecule has 0 radical (unpaired) electrons. The van der Waals surface area contributed by atoms with Crippen molar-refractivity contribution in [2.75, 3.05) is 12.3 Å². The molecule has 0 spiro atoms. The number of carboxylic acid groups (broad SMARTS) is 1. The number of sulfonamides is 1. The van der Waals surface area contributed by atoms with Crippen LogP contribution in [0.15, 0.2) is 0 Å². The van der Waals surface area contributed by atoms with Crippen LogP contribution in [0.4, 0.5) is 0 Å². The molecule has 0 aliphatic heterocycles. The van der Waals surface area contributed by atoms with Gasteiger partial charge in [0.15, 0.2) is 0 Å². The Morgan fingerprint density at radius 3 is 2.18 bits per heavy atom. The minimum absolute atomic E-state index is 0.315. The number of hydrogen-bond donors (Lipinski definition) is 2. The van der Waals surface area contributed by atoms with E-state index in [2.05, 4.69) is 4.72 Å². The third-order valence-corrected chi connectivity index (χ3v) is 4.93. The molecule has 0 saturated heterocycles. The zero-order valence-corrected chi connectivity index (χ0v) is 10.6. The van der Waals surface area contributed by atoms with Gasteiger partial charge < -0.3 is 5.11 Å². The van der Waals surface area contributed by atoms with Gasteiger partial charge in [-0.25, -0.2) is 13.1 Å². The highest BCUT2D eigenvalue weighted by Crippen LogP contribution is 2.48. The van der Waals surface area contributed by atoms with Gasteiger partial charge in [-0.1, -0.05) is 0 Å². The number of nitrogens with one attached hydrogen (secondary N) is 1. The molecular weight excluding hydrogens is 242 g/mol. The van der Waals surface area contributed by atoms with Gasteiger partial charge in [-0.15, -0.1) is 0 Å². The summed E-state index contributed by atoms with van der Waals surface area (Å²) in [6.45, 7) is 0.497. The van der Waals surface area contributed by atoms with E-state index < -0.39 is 16.0 Å². The van der Waals surface area contributed by atoms with Crippen molar-refractivity contribution >= 4 is 16.0 Å². The fourth-order valence-electron chi connectivity index (χ4n) is 2.28. The van der Waals surface area contributed by atoms with E-state index in [0.29, 0.717) is 24.3 Å². The van der Waals surface area contributed by atoms with Crippen LogP contribution in [-0.4, -0.2) is 31.8 Å². The Bertz CT molecular complexity index is 372. The summed E-state index contributed by atoms with van der Waals surface area (Å²) in [7, 11) is -3.41. The Hall–Kier alpha value is -0.620. The number of rotatable bonds is 8. The average Bonchev–Trinajstić information content (AvgIpc) is 3.08. The normalized spacial score (nSPS) is 20.8. The highest BCUT2D eigenvalue weighted by Gasteiger charge is 2.41. The first-order chi connectivity index (χ1) is 7.98. The van der Waals surface area contributed by atoms with E-state index >= 15 is 0 Å². The van der Waals surface area contributed by atoms with E-state index in [1.54, 1.807) is 0 Å². The topological polar surface area (TPSA) is 83.5 Å². The summed E-state index contributed by atoms with van der Waals surface area (Å²) >= 11 is 0. The molecular formula is C11H19NO4S. The summed E-state index contributed by atoms with van der Waals surface area (Å²) in [4.78, 5) is 10.3. The van der Waals surface area contributed by atoms with Gasteiger partial charge in [0.25, 0.3) is 0 Å².